The molecule has 0 aliphatic carbocycles. The number of rotatable bonds is 9. The molecule has 0 unspecified atom stereocenters. The molecule has 2 aromatic carbocycles. The van der Waals surface area contributed by atoms with E-state index < -0.39 is 0 Å². The fourth-order valence-electron chi connectivity index (χ4n) is 3.23. The van der Waals surface area contributed by atoms with E-state index in [4.69, 9.17) is 5.84 Å². The zero-order valence-corrected chi connectivity index (χ0v) is 18.9. The third-order valence-corrected chi connectivity index (χ3v) is 5.96. The topological polar surface area (TPSA) is 115 Å². The maximum atomic E-state index is 13.1. The lowest BCUT2D eigenvalue weighted by molar-refractivity contribution is -0.113. The predicted octanol–water partition coefficient (Wildman–Crippen LogP) is 4.26. The Labute approximate surface area is 194 Å². The fourth-order valence-corrected chi connectivity index (χ4v) is 3.88. The second-order valence-corrected chi connectivity index (χ2v) is 8.43. The molecule has 4 aromatic rings. The third kappa shape index (κ3) is 5.58. The Morgan fingerprint density at radius 1 is 1.15 bits per heavy atom. The van der Waals surface area contributed by atoms with Crippen LogP contribution < -0.4 is 11.2 Å². The number of halogens is 1. The van der Waals surface area contributed by atoms with Crippen LogP contribution in [0.3, 0.4) is 0 Å². The Bertz CT molecular complexity index is 1220. The Hall–Kier alpha value is -3.66. The van der Waals surface area contributed by atoms with Gasteiger partial charge in [-0.1, -0.05) is 37.2 Å². The van der Waals surface area contributed by atoms with E-state index in [1.807, 2.05) is 24.3 Å². The van der Waals surface area contributed by atoms with Gasteiger partial charge in [0.15, 0.2) is 0 Å². The van der Waals surface area contributed by atoms with Gasteiger partial charge in [-0.05, 0) is 60.9 Å². The van der Waals surface area contributed by atoms with E-state index in [1.165, 1.54) is 34.1 Å². The van der Waals surface area contributed by atoms with Gasteiger partial charge in [0.25, 0.3) is 0 Å². The van der Waals surface area contributed by atoms with Crippen LogP contribution in [0.1, 0.15) is 25.3 Å². The van der Waals surface area contributed by atoms with E-state index in [-0.39, 0.29) is 17.5 Å². The van der Waals surface area contributed by atoms with Crippen LogP contribution >= 0.6 is 11.8 Å². The van der Waals surface area contributed by atoms with Crippen LogP contribution in [0.15, 0.2) is 59.8 Å². The van der Waals surface area contributed by atoms with E-state index in [1.54, 1.807) is 18.2 Å². The summed E-state index contributed by atoms with van der Waals surface area (Å²) < 4.78 is 14.4. The lowest BCUT2D eigenvalue weighted by Crippen LogP contribution is -2.16. The van der Waals surface area contributed by atoms with Gasteiger partial charge in [0.05, 0.1) is 11.4 Å². The first-order valence-corrected chi connectivity index (χ1v) is 11.6. The molecular weight excluding hydrogens is 441 g/mol. The van der Waals surface area contributed by atoms with Crippen LogP contribution in [0.4, 0.5) is 10.1 Å². The SMILES string of the molecule is CCCCc1ccc(NC(=O)CSc2nnc(-c3cc(-c4ccc(F)cc4)n[nH]3)n2N)cc1. The standard InChI is InChI=1S/C23H24FN7OS/c1-2-3-4-15-5-11-18(12-6-15)26-21(32)14-33-23-30-29-22(31(23)25)20-13-19(27-28-20)16-7-9-17(24)10-8-16/h5-13H,2-4,14,25H2,1H3,(H,26,32)(H,27,28). The highest BCUT2D eigenvalue weighted by Gasteiger charge is 2.16. The third-order valence-electron chi connectivity index (χ3n) is 5.01. The van der Waals surface area contributed by atoms with E-state index in [0.29, 0.717) is 22.4 Å². The van der Waals surface area contributed by atoms with Gasteiger partial charge >= 0.3 is 0 Å². The van der Waals surface area contributed by atoms with E-state index in [2.05, 4.69) is 32.6 Å². The summed E-state index contributed by atoms with van der Waals surface area (Å²) in [4.78, 5) is 12.3. The molecular formula is C23H24FN7OS. The summed E-state index contributed by atoms with van der Waals surface area (Å²) in [7, 11) is 0. The molecule has 0 aliphatic rings. The van der Waals surface area contributed by atoms with Crippen molar-refractivity contribution in [2.45, 2.75) is 31.3 Å². The number of amides is 1. The number of carbonyl (C=O) groups excluding carboxylic acids is 1. The number of carbonyl (C=O) groups is 1. The average molecular weight is 466 g/mol. The molecule has 8 nitrogen and oxygen atoms in total. The number of nitrogens with one attached hydrogen (secondary N) is 2. The smallest absolute Gasteiger partial charge is 0.234 e. The highest BCUT2D eigenvalue weighted by atomic mass is 32.2. The van der Waals surface area contributed by atoms with Crippen molar-refractivity contribution in [1.29, 1.82) is 0 Å². The molecule has 0 atom stereocenters. The Morgan fingerprint density at radius 2 is 1.91 bits per heavy atom. The maximum absolute atomic E-state index is 13.1. The molecule has 0 fully saturated rings. The number of nitrogens with zero attached hydrogens (tertiary/aromatic N) is 4. The number of nitrogen functional groups attached to an aromatic ring is 1. The molecule has 1 amide bonds. The molecule has 4 rings (SSSR count). The maximum Gasteiger partial charge on any atom is 0.234 e. The number of H-pyrrole nitrogens is 1. The second kappa shape index (κ2) is 10.3. The monoisotopic (exact) mass is 465 g/mol. The molecule has 10 heteroatoms. The largest absolute Gasteiger partial charge is 0.335 e. The molecule has 33 heavy (non-hydrogen) atoms. The van der Waals surface area contributed by atoms with Crippen molar-refractivity contribution >= 4 is 23.4 Å². The summed E-state index contributed by atoms with van der Waals surface area (Å²) in [6.07, 6.45) is 3.34. The summed E-state index contributed by atoms with van der Waals surface area (Å²) in [5.74, 6) is 6.18. The summed E-state index contributed by atoms with van der Waals surface area (Å²) in [6.45, 7) is 2.16. The van der Waals surface area contributed by atoms with Gasteiger partial charge in [-0.15, -0.1) is 10.2 Å². The Kier molecular flexibility index (Phi) is 7.04. The molecule has 0 saturated heterocycles. The minimum atomic E-state index is -0.314. The number of hydrogen-bond acceptors (Lipinski definition) is 6. The fraction of sp³-hybridized carbons (Fsp3) is 0.217. The first-order valence-electron chi connectivity index (χ1n) is 10.6. The second-order valence-electron chi connectivity index (χ2n) is 7.49. The van der Waals surface area contributed by atoms with Gasteiger partial charge in [0.2, 0.25) is 16.9 Å². The average Bonchev–Trinajstić information content (AvgIpc) is 3.44. The first-order chi connectivity index (χ1) is 16.0. The Balaban J connectivity index is 1.35. The number of unbranched alkanes of at least 4 members (excludes halogenated alkanes) is 1. The molecule has 0 radical (unpaired) electrons. The zero-order chi connectivity index (χ0) is 23.2. The lowest BCUT2D eigenvalue weighted by atomic mass is 10.1. The summed E-state index contributed by atoms with van der Waals surface area (Å²) in [5.41, 5.74) is 3.95. The zero-order valence-electron chi connectivity index (χ0n) is 18.1. The normalized spacial score (nSPS) is 11.0. The summed E-state index contributed by atoms with van der Waals surface area (Å²) in [6, 6.07) is 15.7. The van der Waals surface area contributed by atoms with Crippen molar-refractivity contribution in [1.82, 2.24) is 25.1 Å². The number of hydrogen-bond donors (Lipinski definition) is 3. The molecule has 0 spiro atoms. The van der Waals surface area contributed by atoms with Crippen LogP contribution in [0.25, 0.3) is 22.8 Å². The van der Waals surface area contributed by atoms with Crippen molar-refractivity contribution < 1.29 is 9.18 Å². The van der Waals surface area contributed by atoms with Gasteiger partial charge in [0, 0.05) is 11.3 Å². The summed E-state index contributed by atoms with van der Waals surface area (Å²) in [5, 5.41) is 18.6. The number of nitrogens with two attached hydrogens (primary N) is 1. The van der Waals surface area contributed by atoms with Crippen molar-refractivity contribution in [3.05, 3.63) is 66.0 Å². The van der Waals surface area contributed by atoms with E-state index >= 15 is 0 Å². The van der Waals surface area contributed by atoms with Crippen LogP contribution in [0.2, 0.25) is 0 Å². The molecule has 0 bridgehead atoms. The van der Waals surface area contributed by atoms with Gasteiger partial charge < -0.3 is 11.2 Å². The number of benzene rings is 2. The van der Waals surface area contributed by atoms with Gasteiger partial charge in [-0.25, -0.2) is 9.07 Å². The lowest BCUT2D eigenvalue weighted by Gasteiger charge is -2.06. The molecule has 2 aromatic heterocycles. The van der Waals surface area contributed by atoms with Crippen molar-refractivity contribution in [2.75, 3.05) is 16.9 Å². The van der Waals surface area contributed by atoms with Crippen LogP contribution in [-0.2, 0) is 11.2 Å². The van der Waals surface area contributed by atoms with Gasteiger partial charge in [-0.2, -0.15) is 5.10 Å². The highest BCUT2D eigenvalue weighted by molar-refractivity contribution is 7.99. The van der Waals surface area contributed by atoms with E-state index in [0.717, 1.165) is 30.5 Å². The molecule has 0 aliphatic heterocycles. The molecule has 0 saturated carbocycles. The predicted molar refractivity (Wildman–Crippen MR) is 128 cm³/mol. The minimum absolute atomic E-state index is 0.136. The minimum Gasteiger partial charge on any atom is -0.335 e. The summed E-state index contributed by atoms with van der Waals surface area (Å²) >= 11 is 1.19. The van der Waals surface area contributed by atoms with Gasteiger partial charge in [-0.3, -0.25) is 9.89 Å². The van der Waals surface area contributed by atoms with Crippen molar-refractivity contribution in [2.24, 2.45) is 0 Å². The first kappa shape index (κ1) is 22.5. The molecule has 4 N–H and O–H groups in total. The van der Waals surface area contributed by atoms with Crippen LogP contribution in [0, 0.1) is 5.82 Å². The van der Waals surface area contributed by atoms with Crippen LogP contribution in [-0.4, -0.2) is 36.7 Å². The number of aryl methyl sites for hydroxylation is 1. The van der Waals surface area contributed by atoms with Crippen molar-refractivity contribution in [3.8, 4) is 22.8 Å². The quantitative estimate of drug-likeness (QED) is 0.251. The van der Waals surface area contributed by atoms with Crippen molar-refractivity contribution in [3.63, 3.8) is 0 Å². The number of anilines is 1. The number of thioether (sulfide) groups is 1. The van der Waals surface area contributed by atoms with Crippen LogP contribution in [0.5, 0.6) is 0 Å². The number of aromatic nitrogens is 5. The Morgan fingerprint density at radius 3 is 2.64 bits per heavy atom. The molecule has 2 heterocycles. The van der Waals surface area contributed by atoms with Gasteiger partial charge in [0.1, 0.15) is 11.5 Å². The highest BCUT2D eigenvalue weighted by Crippen LogP contribution is 2.25. The van der Waals surface area contributed by atoms with E-state index in [9.17, 15) is 9.18 Å². The number of aromatic amines is 1. The molecule has 170 valence electrons.